The van der Waals surface area contributed by atoms with Crippen LogP contribution in [0.5, 0.6) is 0 Å². The number of nitrogens with one attached hydrogen (secondary N) is 1. The van der Waals surface area contributed by atoms with E-state index in [1.807, 2.05) is 0 Å². The molecule has 0 atom stereocenters. The predicted molar refractivity (Wildman–Crippen MR) is 73.9 cm³/mol. The molecule has 1 aromatic rings. The van der Waals surface area contributed by atoms with E-state index in [-0.39, 0.29) is 22.8 Å². The lowest BCUT2D eigenvalue weighted by molar-refractivity contribution is 0.0894. The molecule has 1 fully saturated rings. The molecule has 0 saturated heterocycles. The molecule has 1 N–H and O–H groups in total. The first kappa shape index (κ1) is 15.1. The maximum absolute atomic E-state index is 12.0. The second kappa shape index (κ2) is 5.97. The van der Waals surface area contributed by atoms with E-state index in [2.05, 4.69) is 5.32 Å². The zero-order valence-electron chi connectivity index (χ0n) is 11.8. The van der Waals surface area contributed by atoms with E-state index in [0.717, 1.165) is 30.0 Å². The fourth-order valence-corrected chi connectivity index (χ4v) is 3.06. The highest BCUT2D eigenvalue weighted by Crippen LogP contribution is 2.20. The first-order valence-electron chi connectivity index (χ1n) is 6.74. The number of hydrogen-bond acceptors (Lipinski definition) is 4. The molecule has 1 aliphatic carbocycles. The van der Waals surface area contributed by atoms with Crippen LogP contribution in [0.4, 0.5) is 0 Å². The average Bonchev–Trinajstić information content (AvgIpc) is 2.90. The van der Waals surface area contributed by atoms with Crippen LogP contribution in [0.15, 0.2) is 21.6 Å². The van der Waals surface area contributed by atoms with Crippen LogP contribution in [0.3, 0.4) is 0 Å². The number of sulfonamides is 1. The lowest BCUT2D eigenvalue weighted by Crippen LogP contribution is -2.35. The van der Waals surface area contributed by atoms with Gasteiger partial charge in [0.1, 0.15) is 0 Å². The number of amides is 1. The van der Waals surface area contributed by atoms with Crippen LogP contribution in [0.1, 0.15) is 42.7 Å². The lowest BCUT2D eigenvalue weighted by Gasteiger charge is -2.22. The molecule has 7 heteroatoms. The van der Waals surface area contributed by atoms with Crippen molar-refractivity contribution in [3.8, 4) is 0 Å². The minimum atomic E-state index is -3.64. The van der Waals surface area contributed by atoms with Crippen LogP contribution in [0.2, 0.25) is 0 Å². The van der Waals surface area contributed by atoms with E-state index in [4.69, 9.17) is 4.42 Å². The molecule has 2 rings (SSSR count). The van der Waals surface area contributed by atoms with Crippen molar-refractivity contribution >= 4 is 15.9 Å². The Morgan fingerprint density at radius 3 is 2.50 bits per heavy atom. The van der Waals surface area contributed by atoms with Crippen molar-refractivity contribution < 1.29 is 17.6 Å². The van der Waals surface area contributed by atoms with Gasteiger partial charge in [0, 0.05) is 20.1 Å². The smallest absolute Gasteiger partial charge is 0.287 e. The quantitative estimate of drug-likeness (QED) is 0.916. The molecule has 0 bridgehead atoms. The lowest BCUT2D eigenvalue weighted by atomic mass is 9.95. The third kappa shape index (κ3) is 3.21. The van der Waals surface area contributed by atoms with Gasteiger partial charge in [-0.1, -0.05) is 19.3 Å². The number of rotatable bonds is 4. The predicted octanol–water partition coefficient (Wildman–Crippen LogP) is 1.59. The Kier molecular flexibility index (Phi) is 4.49. The zero-order valence-corrected chi connectivity index (χ0v) is 12.6. The number of carbonyl (C=O) groups excluding carboxylic acids is 1. The molecule has 0 spiro atoms. The second-order valence-corrected chi connectivity index (χ2v) is 7.30. The summed E-state index contributed by atoms with van der Waals surface area (Å²) in [4.78, 5) is 12.0. The van der Waals surface area contributed by atoms with Gasteiger partial charge in [-0.3, -0.25) is 4.79 Å². The van der Waals surface area contributed by atoms with E-state index in [9.17, 15) is 13.2 Å². The van der Waals surface area contributed by atoms with Gasteiger partial charge in [0.25, 0.3) is 15.9 Å². The Hall–Kier alpha value is -1.34. The van der Waals surface area contributed by atoms with E-state index < -0.39 is 10.0 Å². The summed E-state index contributed by atoms with van der Waals surface area (Å²) in [7, 11) is -0.803. The van der Waals surface area contributed by atoms with Crippen molar-refractivity contribution in [1.82, 2.24) is 9.62 Å². The molecule has 1 heterocycles. The molecule has 1 aromatic heterocycles. The van der Waals surface area contributed by atoms with Crippen LogP contribution >= 0.6 is 0 Å². The molecule has 0 aromatic carbocycles. The number of nitrogens with zero attached hydrogens (tertiary/aromatic N) is 1. The average molecular weight is 300 g/mol. The highest BCUT2D eigenvalue weighted by molar-refractivity contribution is 7.88. The van der Waals surface area contributed by atoms with Gasteiger partial charge in [-0.15, -0.1) is 0 Å². The Labute approximate surface area is 119 Å². The van der Waals surface area contributed by atoms with Gasteiger partial charge in [0.15, 0.2) is 5.76 Å². The van der Waals surface area contributed by atoms with Crippen LogP contribution in [-0.2, 0) is 10.0 Å². The van der Waals surface area contributed by atoms with Crippen LogP contribution in [0.25, 0.3) is 0 Å². The van der Waals surface area contributed by atoms with Crippen molar-refractivity contribution in [1.29, 1.82) is 0 Å². The molecular formula is C13H20N2O4S. The Morgan fingerprint density at radius 2 is 1.90 bits per heavy atom. The summed E-state index contributed by atoms with van der Waals surface area (Å²) in [6.07, 6.45) is 5.37. The summed E-state index contributed by atoms with van der Waals surface area (Å²) in [5, 5.41) is 2.68. The fraction of sp³-hybridized carbons (Fsp3) is 0.615. The van der Waals surface area contributed by atoms with E-state index in [1.165, 1.54) is 32.6 Å². The topological polar surface area (TPSA) is 79.6 Å². The Morgan fingerprint density at radius 1 is 1.25 bits per heavy atom. The summed E-state index contributed by atoms with van der Waals surface area (Å²) in [6, 6.07) is 2.87. The van der Waals surface area contributed by atoms with Gasteiger partial charge in [0.05, 0.1) is 0 Å². The molecule has 20 heavy (non-hydrogen) atoms. The normalized spacial score (nSPS) is 17.4. The minimum Gasteiger partial charge on any atom is -0.438 e. The van der Waals surface area contributed by atoms with Crippen molar-refractivity contribution in [2.24, 2.45) is 0 Å². The Bertz CT molecular complexity index is 571. The summed E-state index contributed by atoms with van der Waals surface area (Å²) in [6.45, 7) is 0. The molecule has 0 radical (unpaired) electrons. The number of carbonyl (C=O) groups is 1. The first-order chi connectivity index (χ1) is 9.41. The highest BCUT2D eigenvalue weighted by Gasteiger charge is 2.24. The maximum atomic E-state index is 12.0. The Balaban J connectivity index is 2.06. The largest absolute Gasteiger partial charge is 0.438 e. The standard InChI is InChI=1S/C13H20N2O4S/c1-15(2)20(17,18)12-9-8-11(19-12)13(16)14-10-6-4-3-5-7-10/h8-10H,3-7H2,1-2H3,(H,14,16). The molecule has 0 aliphatic heterocycles. The monoisotopic (exact) mass is 300 g/mol. The van der Waals surface area contributed by atoms with Crippen molar-refractivity contribution in [3.63, 3.8) is 0 Å². The summed E-state index contributed by atoms with van der Waals surface area (Å²) in [5.74, 6) is -0.312. The van der Waals surface area contributed by atoms with Crippen molar-refractivity contribution in [3.05, 3.63) is 17.9 Å². The van der Waals surface area contributed by atoms with Crippen LogP contribution in [-0.4, -0.2) is 38.8 Å². The van der Waals surface area contributed by atoms with E-state index >= 15 is 0 Å². The summed E-state index contributed by atoms with van der Waals surface area (Å²) in [5.41, 5.74) is 0. The summed E-state index contributed by atoms with van der Waals surface area (Å²) >= 11 is 0. The third-order valence-electron chi connectivity index (χ3n) is 3.48. The van der Waals surface area contributed by atoms with E-state index in [1.54, 1.807) is 0 Å². The number of furan rings is 1. The van der Waals surface area contributed by atoms with Gasteiger partial charge in [-0.2, -0.15) is 0 Å². The third-order valence-corrected chi connectivity index (χ3v) is 5.17. The minimum absolute atomic E-state index is 0.0380. The van der Waals surface area contributed by atoms with Gasteiger partial charge in [0.2, 0.25) is 5.09 Å². The molecule has 6 nitrogen and oxygen atoms in total. The van der Waals surface area contributed by atoms with Crippen LogP contribution in [0, 0.1) is 0 Å². The van der Waals surface area contributed by atoms with Gasteiger partial charge in [-0.25, -0.2) is 12.7 Å². The van der Waals surface area contributed by atoms with Crippen molar-refractivity contribution in [2.45, 2.75) is 43.2 Å². The van der Waals surface area contributed by atoms with E-state index in [0.29, 0.717) is 0 Å². The molecular weight excluding hydrogens is 280 g/mol. The van der Waals surface area contributed by atoms with Crippen LogP contribution < -0.4 is 5.32 Å². The maximum Gasteiger partial charge on any atom is 0.287 e. The SMILES string of the molecule is CN(C)S(=O)(=O)c1ccc(C(=O)NC2CCCCC2)o1. The fourth-order valence-electron chi connectivity index (χ4n) is 2.26. The molecule has 0 unspecified atom stereocenters. The highest BCUT2D eigenvalue weighted by atomic mass is 32.2. The van der Waals surface area contributed by atoms with Gasteiger partial charge >= 0.3 is 0 Å². The number of hydrogen-bond donors (Lipinski definition) is 1. The molecule has 1 aliphatic rings. The van der Waals surface area contributed by atoms with Crippen molar-refractivity contribution in [2.75, 3.05) is 14.1 Å². The molecule has 112 valence electrons. The first-order valence-corrected chi connectivity index (χ1v) is 8.18. The zero-order chi connectivity index (χ0) is 14.8. The van der Waals surface area contributed by atoms with Gasteiger partial charge in [-0.05, 0) is 25.0 Å². The molecule has 1 amide bonds. The second-order valence-electron chi connectivity index (χ2n) is 5.21. The van der Waals surface area contributed by atoms with Gasteiger partial charge < -0.3 is 9.73 Å². The molecule has 1 saturated carbocycles. The summed E-state index contributed by atoms with van der Waals surface area (Å²) < 4.78 is 29.9.